The van der Waals surface area contributed by atoms with Crippen LogP contribution in [0.2, 0.25) is 5.04 Å². The van der Waals surface area contributed by atoms with E-state index in [-0.39, 0.29) is 16.9 Å². The standard InChI is InChI=1S/C31H40O3Si/c1-7-33-29(32)31(6)23(2)22-28(26-20-14-15-21-27(26)31)34-35(30(3,4)5,24-16-10-8-11-17-24)25-18-12-9-13-19-25/h8-13,16-19,27H,2,7,14-15,20-22H2,1,3-6H3/t27-,31-/m0/s1. The Morgan fingerprint density at radius 1 is 1.03 bits per heavy atom. The van der Waals surface area contributed by atoms with Crippen molar-refractivity contribution in [3.8, 4) is 0 Å². The van der Waals surface area contributed by atoms with E-state index in [1.54, 1.807) is 0 Å². The van der Waals surface area contributed by atoms with Crippen LogP contribution in [0, 0.1) is 11.3 Å². The summed E-state index contributed by atoms with van der Waals surface area (Å²) in [4.78, 5) is 13.2. The Morgan fingerprint density at radius 2 is 1.60 bits per heavy atom. The van der Waals surface area contributed by atoms with Gasteiger partial charge in [-0.1, -0.05) is 100 Å². The van der Waals surface area contributed by atoms with Crippen molar-refractivity contribution in [3.05, 3.63) is 84.1 Å². The molecule has 0 heterocycles. The molecule has 4 heteroatoms. The van der Waals surface area contributed by atoms with Crippen LogP contribution in [-0.2, 0) is 14.0 Å². The fourth-order valence-corrected chi connectivity index (χ4v) is 10.7. The molecule has 0 N–H and O–H groups in total. The third-order valence-electron chi connectivity index (χ3n) is 8.17. The molecule has 2 aliphatic carbocycles. The van der Waals surface area contributed by atoms with Crippen molar-refractivity contribution in [3.63, 3.8) is 0 Å². The summed E-state index contributed by atoms with van der Waals surface area (Å²) in [5.41, 5.74) is 1.54. The van der Waals surface area contributed by atoms with Crippen LogP contribution in [0.3, 0.4) is 0 Å². The van der Waals surface area contributed by atoms with Gasteiger partial charge in [-0.3, -0.25) is 4.79 Å². The molecule has 0 radical (unpaired) electrons. The van der Waals surface area contributed by atoms with Crippen LogP contribution >= 0.6 is 0 Å². The maximum atomic E-state index is 13.2. The highest BCUT2D eigenvalue weighted by atomic mass is 28.4. The Morgan fingerprint density at radius 3 is 2.11 bits per heavy atom. The summed E-state index contributed by atoms with van der Waals surface area (Å²) in [7, 11) is -2.75. The van der Waals surface area contributed by atoms with Crippen LogP contribution in [0.1, 0.15) is 66.7 Å². The quantitative estimate of drug-likeness (QED) is 0.263. The first-order valence-electron chi connectivity index (χ1n) is 13.0. The lowest BCUT2D eigenvalue weighted by atomic mass is 9.60. The van der Waals surface area contributed by atoms with Gasteiger partial charge in [0.2, 0.25) is 0 Å². The number of allylic oxidation sites excluding steroid dienone is 2. The Hall–Kier alpha value is -2.59. The summed E-state index contributed by atoms with van der Waals surface area (Å²) in [6.07, 6.45) is 4.77. The summed E-state index contributed by atoms with van der Waals surface area (Å²) in [6, 6.07) is 21.5. The van der Waals surface area contributed by atoms with Crippen molar-refractivity contribution in [2.45, 2.75) is 71.8 Å². The molecule has 1 saturated carbocycles. The number of fused-ring (bicyclic) bond motifs is 1. The van der Waals surface area contributed by atoms with Gasteiger partial charge in [-0.05, 0) is 54.1 Å². The van der Waals surface area contributed by atoms with Crippen molar-refractivity contribution in [2.75, 3.05) is 6.61 Å². The molecular weight excluding hydrogens is 448 g/mol. The first-order chi connectivity index (χ1) is 16.7. The van der Waals surface area contributed by atoms with E-state index in [4.69, 9.17) is 9.16 Å². The predicted octanol–water partition coefficient (Wildman–Crippen LogP) is 6.54. The molecule has 4 rings (SSSR count). The number of hydrogen-bond acceptors (Lipinski definition) is 3. The maximum Gasteiger partial charge on any atom is 0.319 e. The molecule has 3 nitrogen and oxygen atoms in total. The van der Waals surface area contributed by atoms with Gasteiger partial charge in [0.05, 0.1) is 17.8 Å². The summed E-state index contributed by atoms with van der Waals surface area (Å²) in [6.45, 7) is 15.7. The van der Waals surface area contributed by atoms with Gasteiger partial charge in [0.15, 0.2) is 0 Å². The molecule has 35 heavy (non-hydrogen) atoms. The number of carbonyl (C=O) groups is 1. The molecule has 0 amide bonds. The molecule has 0 bridgehead atoms. The lowest BCUT2D eigenvalue weighted by Crippen LogP contribution is -2.66. The molecule has 0 spiro atoms. The van der Waals surface area contributed by atoms with E-state index in [1.807, 2.05) is 13.8 Å². The van der Waals surface area contributed by atoms with Gasteiger partial charge >= 0.3 is 14.3 Å². The molecule has 186 valence electrons. The molecule has 1 fully saturated rings. The average molecular weight is 489 g/mol. The topological polar surface area (TPSA) is 35.5 Å². The van der Waals surface area contributed by atoms with Crippen LogP contribution in [0.15, 0.2) is 84.1 Å². The molecule has 0 saturated heterocycles. The molecule has 0 unspecified atom stereocenters. The lowest BCUT2D eigenvalue weighted by Gasteiger charge is -2.49. The van der Waals surface area contributed by atoms with Crippen LogP contribution in [0.4, 0.5) is 0 Å². The highest BCUT2D eigenvalue weighted by Crippen LogP contribution is 2.54. The second-order valence-electron chi connectivity index (χ2n) is 11.2. The number of rotatable bonds is 6. The minimum atomic E-state index is -2.75. The zero-order valence-electron chi connectivity index (χ0n) is 22.0. The molecule has 2 aromatic carbocycles. The number of carbonyl (C=O) groups excluding carboxylic acids is 1. The fourth-order valence-electron chi connectivity index (χ4n) is 6.22. The van der Waals surface area contributed by atoms with E-state index < -0.39 is 13.7 Å². The third-order valence-corrected chi connectivity index (χ3v) is 13.1. The fraction of sp³-hybridized carbons (Fsp3) is 0.452. The van der Waals surface area contributed by atoms with Crippen LogP contribution in [0.25, 0.3) is 0 Å². The van der Waals surface area contributed by atoms with E-state index in [0.717, 1.165) is 37.0 Å². The van der Waals surface area contributed by atoms with Gasteiger partial charge in [-0.15, -0.1) is 0 Å². The highest BCUT2D eigenvalue weighted by Gasteiger charge is 2.55. The Labute approximate surface area is 212 Å². The zero-order valence-corrected chi connectivity index (χ0v) is 23.0. The Kier molecular flexibility index (Phi) is 7.15. The van der Waals surface area contributed by atoms with Crippen molar-refractivity contribution < 1.29 is 14.0 Å². The monoisotopic (exact) mass is 488 g/mol. The highest BCUT2D eigenvalue weighted by molar-refractivity contribution is 6.99. The Balaban J connectivity index is 1.91. The van der Waals surface area contributed by atoms with E-state index in [0.29, 0.717) is 13.0 Å². The van der Waals surface area contributed by atoms with Gasteiger partial charge < -0.3 is 9.16 Å². The molecule has 2 aromatic rings. The third kappa shape index (κ3) is 4.31. The van der Waals surface area contributed by atoms with Gasteiger partial charge in [-0.2, -0.15) is 0 Å². The molecule has 2 atom stereocenters. The second kappa shape index (κ2) is 9.81. The van der Waals surface area contributed by atoms with Crippen molar-refractivity contribution >= 4 is 24.7 Å². The first-order valence-corrected chi connectivity index (χ1v) is 14.9. The van der Waals surface area contributed by atoms with Crippen molar-refractivity contribution in [1.82, 2.24) is 0 Å². The normalized spacial score (nSPS) is 23.0. The molecular formula is C31H40O3Si. The smallest absolute Gasteiger partial charge is 0.319 e. The van der Waals surface area contributed by atoms with Gasteiger partial charge in [0.25, 0.3) is 0 Å². The molecule has 0 aliphatic heterocycles. The largest absolute Gasteiger partial charge is 0.537 e. The van der Waals surface area contributed by atoms with E-state index >= 15 is 0 Å². The van der Waals surface area contributed by atoms with Gasteiger partial charge in [0, 0.05) is 12.3 Å². The average Bonchev–Trinajstić information content (AvgIpc) is 2.86. The summed E-state index contributed by atoms with van der Waals surface area (Å²) < 4.78 is 13.1. The summed E-state index contributed by atoms with van der Waals surface area (Å²) >= 11 is 0. The van der Waals surface area contributed by atoms with Crippen LogP contribution < -0.4 is 10.4 Å². The van der Waals surface area contributed by atoms with Crippen LogP contribution in [0.5, 0.6) is 0 Å². The van der Waals surface area contributed by atoms with E-state index in [2.05, 4.69) is 88.0 Å². The van der Waals surface area contributed by atoms with Crippen LogP contribution in [-0.4, -0.2) is 20.9 Å². The Bertz CT molecular complexity index is 1060. The minimum Gasteiger partial charge on any atom is -0.537 e. The molecule has 0 aromatic heterocycles. The maximum absolute atomic E-state index is 13.2. The second-order valence-corrected chi connectivity index (χ2v) is 15.4. The summed E-state index contributed by atoms with van der Waals surface area (Å²) in [5, 5.41) is 2.42. The number of ether oxygens (including phenoxy) is 1. The summed E-state index contributed by atoms with van der Waals surface area (Å²) in [5.74, 6) is 0.999. The van der Waals surface area contributed by atoms with Crippen molar-refractivity contribution in [1.29, 1.82) is 0 Å². The number of esters is 1. The first kappa shape index (κ1) is 25.5. The number of benzene rings is 2. The lowest BCUT2D eigenvalue weighted by molar-refractivity contribution is -0.155. The SMILES string of the molecule is C=C1CC(O[Si](c2ccccc2)(c2ccccc2)C(C)(C)C)=C2CCCC[C@@H]2[C@@]1(C)C(=O)OCC. The molecule has 2 aliphatic rings. The van der Waals surface area contributed by atoms with Gasteiger partial charge in [-0.25, -0.2) is 0 Å². The number of hydrogen-bond donors (Lipinski definition) is 0. The minimum absolute atomic E-state index is 0.0877. The van der Waals surface area contributed by atoms with Crippen molar-refractivity contribution in [2.24, 2.45) is 11.3 Å². The van der Waals surface area contributed by atoms with E-state index in [9.17, 15) is 4.79 Å². The zero-order chi connectivity index (χ0) is 25.3. The van der Waals surface area contributed by atoms with Gasteiger partial charge in [0.1, 0.15) is 0 Å². The van der Waals surface area contributed by atoms with E-state index in [1.165, 1.54) is 15.9 Å². The predicted molar refractivity (Wildman–Crippen MR) is 146 cm³/mol.